The first-order chi connectivity index (χ1) is 12.6. The minimum Gasteiger partial charge on any atom is -0.342 e. The fourth-order valence-electron chi connectivity index (χ4n) is 4.67. The number of imidazole rings is 1. The number of aromatic nitrogens is 2. The van der Waals surface area contributed by atoms with Crippen LogP contribution < -0.4 is 0 Å². The third kappa shape index (κ3) is 4.12. The van der Waals surface area contributed by atoms with E-state index in [0.29, 0.717) is 5.91 Å². The summed E-state index contributed by atoms with van der Waals surface area (Å²) in [6, 6.07) is 0. The Morgan fingerprint density at radius 2 is 2.08 bits per heavy atom. The van der Waals surface area contributed by atoms with Gasteiger partial charge in [0.1, 0.15) is 0 Å². The third-order valence-corrected chi connectivity index (χ3v) is 6.71. The van der Waals surface area contributed by atoms with E-state index >= 15 is 0 Å². The number of aryl methyl sites for hydroxylation is 1. The predicted octanol–water partition coefficient (Wildman–Crippen LogP) is 1.68. The summed E-state index contributed by atoms with van der Waals surface area (Å²) >= 11 is 0. The number of amides is 1. The Bertz CT molecular complexity index is 599. The molecule has 1 saturated carbocycles. The Balaban J connectivity index is 1.33. The van der Waals surface area contributed by atoms with Crippen molar-refractivity contribution in [2.24, 2.45) is 5.92 Å². The number of hydrogen-bond donors (Lipinski definition) is 0. The first-order valence-electron chi connectivity index (χ1n) is 10.3. The summed E-state index contributed by atoms with van der Waals surface area (Å²) in [5, 5.41) is 0. The van der Waals surface area contributed by atoms with Crippen LogP contribution in [0.5, 0.6) is 0 Å². The smallest absolute Gasteiger partial charge is 0.222 e. The fraction of sp³-hybridized carbons (Fsp3) is 0.800. The average molecular weight is 360 g/mol. The maximum absolute atomic E-state index is 12.6. The average Bonchev–Trinajstić information content (AvgIpc) is 3.34. The SMILES string of the molecule is CN1CCN(CCCn2ccnc2)CC12CCC(=O)N(CC1CC1)CC2. The molecule has 3 fully saturated rings. The maximum Gasteiger partial charge on any atom is 0.222 e. The van der Waals surface area contributed by atoms with Gasteiger partial charge in [0.05, 0.1) is 6.33 Å². The molecule has 6 heteroatoms. The molecular formula is C20H33N5O. The number of hydrogen-bond acceptors (Lipinski definition) is 4. The Morgan fingerprint density at radius 3 is 2.85 bits per heavy atom. The van der Waals surface area contributed by atoms with Gasteiger partial charge in [0, 0.05) is 63.6 Å². The van der Waals surface area contributed by atoms with Crippen LogP contribution >= 0.6 is 0 Å². The maximum atomic E-state index is 12.6. The van der Waals surface area contributed by atoms with E-state index in [2.05, 4.69) is 31.3 Å². The number of nitrogens with zero attached hydrogens (tertiary/aromatic N) is 5. The summed E-state index contributed by atoms with van der Waals surface area (Å²) < 4.78 is 2.16. The van der Waals surface area contributed by atoms with Gasteiger partial charge in [-0.2, -0.15) is 0 Å². The number of likely N-dealkylation sites (N-methyl/N-ethyl adjacent to an activating group) is 1. The fourth-order valence-corrected chi connectivity index (χ4v) is 4.67. The highest BCUT2D eigenvalue weighted by Crippen LogP contribution is 2.35. The molecule has 1 unspecified atom stereocenters. The normalized spacial score (nSPS) is 28.7. The van der Waals surface area contributed by atoms with E-state index in [9.17, 15) is 4.79 Å². The van der Waals surface area contributed by atoms with Crippen molar-refractivity contribution in [2.45, 2.75) is 50.6 Å². The number of carbonyl (C=O) groups is 1. The Kier molecular flexibility index (Phi) is 5.32. The topological polar surface area (TPSA) is 44.6 Å². The van der Waals surface area contributed by atoms with Gasteiger partial charge in [-0.1, -0.05) is 0 Å². The molecule has 0 N–H and O–H groups in total. The first-order valence-corrected chi connectivity index (χ1v) is 10.3. The molecule has 1 atom stereocenters. The van der Waals surface area contributed by atoms with E-state index in [0.717, 1.165) is 77.4 Å². The van der Waals surface area contributed by atoms with Crippen molar-refractivity contribution >= 4 is 5.91 Å². The number of rotatable bonds is 6. The lowest BCUT2D eigenvalue weighted by molar-refractivity contribution is -0.131. The van der Waals surface area contributed by atoms with Gasteiger partial charge < -0.3 is 14.4 Å². The van der Waals surface area contributed by atoms with E-state index in [1.165, 1.54) is 12.8 Å². The van der Waals surface area contributed by atoms with Crippen LogP contribution in [0, 0.1) is 5.92 Å². The molecule has 1 aromatic heterocycles. The van der Waals surface area contributed by atoms with Gasteiger partial charge in [-0.3, -0.25) is 9.69 Å². The van der Waals surface area contributed by atoms with Crippen LogP contribution in [0.2, 0.25) is 0 Å². The van der Waals surface area contributed by atoms with E-state index in [4.69, 9.17) is 0 Å². The monoisotopic (exact) mass is 359 g/mol. The molecule has 0 bridgehead atoms. The first kappa shape index (κ1) is 18.0. The summed E-state index contributed by atoms with van der Waals surface area (Å²) in [6.45, 7) is 7.48. The van der Waals surface area contributed by atoms with Crippen LogP contribution in [-0.4, -0.2) is 82.0 Å². The molecule has 26 heavy (non-hydrogen) atoms. The second-order valence-corrected chi connectivity index (χ2v) is 8.61. The molecule has 2 aliphatic heterocycles. The highest BCUT2D eigenvalue weighted by atomic mass is 16.2. The summed E-state index contributed by atoms with van der Waals surface area (Å²) in [5.74, 6) is 1.18. The lowest BCUT2D eigenvalue weighted by Crippen LogP contribution is -2.61. The number of likely N-dealkylation sites (tertiary alicyclic amines) is 1. The highest BCUT2D eigenvalue weighted by molar-refractivity contribution is 5.76. The molecule has 1 amide bonds. The molecule has 6 nitrogen and oxygen atoms in total. The van der Waals surface area contributed by atoms with Gasteiger partial charge >= 0.3 is 0 Å². The van der Waals surface area contributed by atoms with Crippen LogP contribution in [0.15, 0.2) is 18.7 Å². The molecule has 0 radical (unpaired) electrons. The van der Waals surface area contributed by atoms with Gasteiger partial charge in [0.2, 0.25) is 5.91 Å². The largest absolute Gasteiger partial charge is 0.342 e. The van der Waals surface area contributed by atoms with Gasteiger partial charge in [-0.25, -0.2) is 4.98 Å². The van der Waals surface area contributed by atoms with E-state index < -0.39 is 0 Å². The zero-order chi connectivity index (χ0) is 18.0. The molecule has 0 aromatic carbocycles. The molecular weight excluding hydrogens is 326 g/mol. The van der Waals surface area contributed by atoms with E-state index in [1.54, 1.807) is 0 Å². The van der Waals surface area contributed by atoms with Gasteiger partial charge in [0.15, 0.2) is 0 Å². The Labute approximate surface area is 157 Å². The van der Waals surface area contributed by atoms with Crippen molar-refractivity contribution in [1.82, 2.24) is 24.3 Å². The Hall–Kier alpha value is -1.40. The van der Waals surface area contributed by atoms with Gasteiger partial charge in [0.25, 0.3) is 0 Å². The number of carbonyl (C=O) groups excluding carboxylic acids is 1. The van der Waals surface area contributed by atoms with Crippen LogP contribution in [0.4, 0.5) is 0 Å². The lowest BCUT2D eigenvalue weighted by Gasteiger charge is -2.49. The summed E-state index contributed by atoms with van der Waals surface area (Å²) in [6.07, 6.45) is 12.4. The second-order valence-electron chi connectivity index (χ2n) is 8.61. The van der Waals surface area contributed by atoms with Crippen molar-refractivity contribution in [3.63, 3.8) is 0 Å². The van der Waals surface area contributed by atoms with E-state index in [-0.39, 0.29) is 5.54 Å². The minimum absolute atomic E-state index is 0.182. The van der Waals surface area contributed by atoms with Crippen molar-refractivity contribution in [3.8, 4) is 0 Å². The predicted molar refractivity (Wildman–Crippen MR) is 102 cm³/mol. The molecule has 3 heterocycles. The van der Waals surface area contributed by atoms with Crippen LogP contribution in [0.3, 0.4) is 0 Å². The highest BCUT2D eigenvalue weighted by Gasteiger charge is 2.42. The molecule has 4 rings (SSSR count). The molecule has 1 aromatic rings. The number of piperazine rings is 1. The van der Waals surface area contributed by atoms with Crippen molar-refractivity contribution in [1.29, 1.82) is 0 Å². The zero-order valence-electron chi connectivity index (χ0n) is 16.1. The third-order valence-electron chi connectivity index (χ3n) is 6.71. The Morgan fingerprint density at radius 1 is 1.19 bits per heavy atom. The van der Waals surface area contributed by atoms with Crippen LogP contribution in [0.25, 0.3) is 0 Å². The van der Waals surface area contributed by atoms with Gasteiger partial charge in [-0.15, -0.1) is 0 Å². The standard InChI is InChI=1S/C20H33N5O/c1-22-13-14-23(9-2-10-24-12-8-21-17-24)16-20(22)6-5-19(26)25(11-7-20)15-18-3-4-18/h8,12,17-18H,2-7,9-11,13-16H2,1H3. The molecule has 3 aliphatic rings. The molecule has 144 valence electrons. The van der Waals surface area contributed by atoms with Crippen molar-refractivity contribution in [2.75, 3.05) is 46.3 Å². The van der Waals surface area contributed by atoms with Crippen LogP contribution in [-0.2, 0) is 11.3 Å². The lowest BCUT2D eigenvalue weighted by atomic mass is 9.86. The summed E-state index contributed by atoms with van der Waals surface area (Å²) in [4.78, 5) is 24.0. The minimum atomic E-state index is 0.182. The molecule has 2 saturated heterocycles. The van der Waals surface area contributed by atoms with Crippen molar-refractivity contribution in [3.05, 3.63) is 18.7 Å². The van der Waals surface area contributed by atoms with Gasteiger partial charge in [-0.05, 0) is 51.6 Å². The quantitative estimate of drug-likeness (QED) is 0.775. The van der Waals surface area contributed by atoms with E-state index in [1.807, 2.05) is 18.7 Å². The molecule has 1 aliphatic carbocycles. The summed E-state index contributed by atoms with van der Waals surface area (Å²) in [7, 11) is 2.27. The zero-order valence-corrected chi connectivity index (χ0v) is 16.1. The molecule has 1 spiro atoms. The van der Waals surface area contributed by atoms with Crippen molar-refractivity contribution < 1.29 is 4.79 Å². The second kappa shape index (κ2) is 7.69. The summed E-state index contributed by atoms with van der Waals surface area (Å²) in [5.41, 5.74) is 0.182. The van der Waals surface area contributed by atoms with Crippen LogP contribution in [0.1, 0.15) is 38.5 Å².